The summed E-state index contributed by atoms with van der Waals surface area (Å²) in [5.41, 5.74) is 1.08. The Hall–Kier alpha value is -3.51. The number of carbonyl (C=O) groups excluding carboxylic acids is 1. The summed E-state index contributed by atoms with van der Waals surface area (Å²) in [7, 11) is -4.38. The maximum Gasteiger partial charge on any atom is 0.455 e. The number of sulfonamides is 1. The zero-order chi connectivity index (χ0) is 31.1. The minimum Gasteiger partial charge on any atom is -0.482 e. The first-order valence-electron chi connectivity index (χ1n) is 11.8. The van der Waals surface area contributed by atoms with Crippen LogP contribution in [0.1, 0.15) is 18.0 Å². The van der Waals surface area contributed by atoms with Gasteiger partial charge in [0.15, 0.2) is 0 Å². The molecular formula is C26H23F5IN3O6S. The van der Waals surface area contributed by atoms with E-state index in [1.807, 2.05) is 22.6 Å². The van der Waals surface area contributed by atoms with Gasteiger partial charge in [-0.2, -0.15) is 22.0 Å². The van der Waals surface area contributed by atoms with Crippen molar-refractivity contribution in [2.45, 2.75) is 29.5 Å². The third-order valence-electron chi connectivity index (χ3n) is 5.66. The number of urea groups is 1. The average molecular weight is 727 g/mol. The van der Waals surface area contributed by atoms with E-state index in [0.29, 0.717) is 16.7 Å². The summed E-state index contributed by atoms with van der Waals surface area (Å²) >= 11 is 1.87. The van der Waals surface area contributed by atoms with Crippen molar-refractivity contribution in [3.8, 4) is 16.9 Å². The second kappa shape index (κ2) is 13.6. The number of halogens is 6. The number of amides is 2. The lowest BCUT2D eigenvalue weighted by molar-refractivity contribution is -0.278. The Kier molecular flexibility index (Phi) is 10.7. The van der Waals surface area contributed by atoms with Crippen LogP contribution in [0.25, 0.3) is 11.1 Å². The first kappa shape index (κ1) is 33.0. The zero-order valence-corrected chi connectivity index (χ0v) is 24.3. The number of hydrogen-bond donors (Lipinski definition) is 4. The molecule has 0 spiro atoms. The summed E-state index contributed by atoms with van der Waals surface area (Å²) in [6, 6.07) is 15.5. The van der Waals surface area contributed by atoms with Crippen molar-refractivity contribution in [1.82, 2.24) is 10.0 Å². The minimum absolute atomic E-state index is 0.0149. The van der Waals surface area contributed by atoms with E-state index in [0.717, 1.165) is 0 Å². The SMILES string of the molecule is O=C(O)CC(NS(=O)(=O)c1cc(-c2cccc(NC(=O)NCC(F)(F)C(F)(F)F)c2)ccc1OCI)c1ccccc1. The van der Waals surface area contributed by atoms with Crippen molar-refractivity contribution < 1.29 is 49.8 Å². The number of carboxylic acids is 1. The molecule has 9 nitrogen and oxygen atoms in total. The number of alkyl halides is 6. The molecule has 0 bridgehead atoms. The summed E-state index contributed by atoms with van der Waals surface area (Å²) in [4.78, 5) is 23.1. The molecule has 1 unspecified atom stereocenters. The molecule has 1 atom stereocenters. The Morgan fingerprint density at radius 2 is 1.60 bits per heavy atom. The van der Waals surface area contributed by atoms with Gasteiger partial charge < -0.3 is 20.5 Å². The third-order valence-corrected chi connectivity index (χ3v) is 7.47. The van der Waals surface area contributed by atoms with E-state index >= 15 is 0 Å². The van der Waals surface area contributed by atoms with E-state index in [9.17, 15) is 45.1 Å². The summed E-state index contributed by atoms with van der Waals surface area (Å²) < 4.78 is 98.3. The van der Waals surface area contributed by atoms with Gasteiger partial charge in [-0.05, 0) is 63.5 Å². The van der Waals surface area contributed by atoms with E-state index < -0.39 is 53.1 Å². The third kappa shape index (κ3) is 8.75. The maximum absolute atomic E-state index is 13.5. The molecular weight excluding hydrogens is 704 g/mol. The molecule has 0 aromatic heterocycles. The maximum atomic E-state index is 13.5. The van der Waals surface area contributed by atoms with E-state index in [-0.39, 0.29) is 20.9 Å². The summed E-state index contributed by atoms with van der Waals surface area (Å²) in [5, 5.41) is 13.0. The first-order chi connectivity index (χ1) is 19.6. The van der Waals surface area contributed by atoms with Crippen LogP contribution >= 0.6 is 22.6 Å². The molecule has 0 aliphatic rings. The molecule has 4 N–H and O–H groups in total. The van der Waals surface area contributed by atoms with Gasteiger partial charge in [-0.3, -0.25) is 4.79 Å². The van der Waals surface area contributed by atoms with Crippen LogP contribution in [0.4, 0.5) is 32.4 Å². The highest BCUT2D eigenvalue weighted by atomic mass is 127. The van der Waals surface area contributed by atoms with E-state index in [1.165, 1.54) is 47.8 Å². The van der Waals surface area contributed by atoms with Gasteiger partial charge in [0.1, 0.15) is 15.3 Å². The van der Waals surface area contributed by atoms with Crippen molar-refractivity contribution in [3.05, 3.63) is 78.4 Å². The van der Waals surface area contributed by atoms with Gasteiger partial charge in [-0.25, -0.2) is 17.9 Å². The molecule has 0 heterocycles. The van der Waals surface area contributed by atoms with E-state index in [4.69, 9.17) is 4.74 Å². The Morgan fingerprint density at radius 1 is 0.929 bits per heavy atom. The molecule has 0 fully saturated rings. The van der Waals surface area contributed by atoms with Crippen molar-refractivity contribution >= 4 is 50.3 Å². The van der Waals surface area contributed by atoms with Crippen molar-refractivity contribution in [2.24, 2.45) is 0 Å². The number of carbonyl (C=O) groups is 2. The van der Waals surface area contributed by atoms with Gasteiger partial charge in [0.2, 0.25) is 10.0 Å². The predicted molar refractivity (Wildman–Crippen MR) is 151 cm³/mol. The van der Waals surface area contributed by atoms with Crippen molar-refractivity contribution in [2.75, 3.05) is 16.5 Å². The molecule has 0 aliphatic heterocycles. The van der Waals surface area contributed by atoms with Gasteiger partial charge >= 0.3 is 24.1 Å². The summed E-state index contributed by atoms with van der Waals surface area (Å²) in [5.74, 6) is -6.39. The van der Waals surface area contributed by atoms with E-state index in [2.05, 4.69) is 10.0 Å². The number of aliphatic carboxylic acids is 1. The highest BCUT2D eigenvalue weighted by Crippen LogP contribution is 2.35. The molecule has 0 radical (unpaired) electrons. The molecule has 42 heavy (non-hydrogen) atoms. The minimum atomic E-state index is -5.84. The van der Waals surface area contributed by atoms with Crippen LogP contribution in [0.15, 0.2) is 77.7 Å². The Balaban J connectivity index is 1.89. The number of nitrogens with one attached hydrogen (secondary N) is 3. The van der Waals surface area contributed by atoms with Crippen LogP contribution in [0.2, 0.25) is 0 Å². The fourth-order valence-corrected chi connectivity index (χ4v) is 5.39. The van der Waals surface area contributed by atoms with Gasteiger partial charge in [-0.15, -0.1) is 0 Å². The fourth-order valence-electron chi connectivity index (χ4n) is 3.66. The molecule has 0 saturated carbocycles. The Morgan fingerprint density at radius 3 is 2.21 bits per heavy atom. The molecule has 16 heteroatoms. The zero-order valence-electron chi connectivity index (χ0n) is 21.3. The van der Waals surface area contributed by atoms with Crippen LogP contribution in [0, 0.1) is 0 Å². The number of hydrogen-bond acceptors (Lipinski definition) is 5. The number of rotatable bonds is 12. The van der Waals surface area contributed by atoms with Crippen molar-refractivity contribution in [3.63, 3.8) is 0 Å². The van der Waals surface area contributed by atoms with Crippen LogP contribution in [0.5, 0.6) is 5.75 Å². The second-order valence-electron chi connectivity index (χ2n) is 8.69. The lowest BCUT2D eigenvalue weighted by Gasteiger charge is -2.20. The largest absolute Gasteiger partial charge is 0.482 e. The standard InChI is InChI=1S/C26H23F5IN3O6S/c27-25(28,26(29,30)31)14-33-24(38)34-19-8-4-7-17(11-19)18-9-10-21(41-15-32)22(12-18)42(39,40)35-20(13-23(36)37)16-5-2-1-3-6-16/h1-12,20,35H,13-15H2,(H,36,37)(H2,33,34,38). The van der Waals surface area contributed by atoms with Gasteiger partial charge in [0, 0.05) is 5.69 Å². The molecule has 3 rings (SSSR count). The Labute approximate surface area is 250 Å². The molecule has 0 aliphatic carbocycles. The molecule has 3 aromatic carbocycles. The van der Waals surface area contributed by atoms with Gasteiger partial charge in [-0.1, -0.05) is 48.5 Å². The number of carboxylic acid groups (broad SMARTS) is 1. The fraction of sp³-hybridized carbons (Fsp3) is 0.231. The highest BCUT2D eigenvalue weighted by Gasteiger charge is 2.57. The lowest BCUT2D eigenvalue weighted by Crippen LogP contribution is -2.47. The normalized spacial score (nSPS) is 12.8. The van der Waals surface area contributed by atoms with Crippen LogP contribution in [-0.4, -0.2) is 48.8 Å². The topological polar surface area (TPSA) is 134 Å². The predicted octanol–water partition coefficient (Wildman–Crippen LogP) is 5.94. The summed E-state index contributed by atoms with van der Waals surface area (Å²) in [6.07, 6.45) is -6.38. The quantitative estimate of drug-likeness (QED) is 0.104. The first-order valence-corrected chi connectivity index (χ1v) is 14.9. The number of benzene rings is 3. The smallest absolute Gasteiger partial charge is 0.455 e. The summed E-state index contributed by atoms with van der Waals surface area (Å²) in [6.45, 7) is -1.97. The van der Waals surface area contributed by atoms with Gasteiger partial charge in [0.25, 0.3) is 0 Å². The second-order valence-corrected chi connectivity index (χ2v) is 11.0. The number of anilines is 1. The highest BCUT2D eigenvalue weighted by molar-refractivity contribution is 14.1. The molecule has 2 amide bonds. The average Bonchev–Trinajstić information content (AvgIpc) is 2.91. The van der Waals surface area contributed by atoms with Crippen LogP contribution in [-0.2, 0) is 14.8 Å². The Bertz CT molecular complexity index is 1520. The monoisotopic (exact) mass is 727 g/mol. The van der Waals surface area contributed by atoms with Crippen molar-refractivity contribution in [1.29, 1.82) is 0 Å². The van der Waals surface area contributed by atoms with E-state index in [1.54, 1.807) is 30.3 Å². The van der Waals surface area contributed by atoms with Gasteiger partial charge in [0.05, 0.1) is 19.0 Å². The molecule has 226 valence electrons. The number of ether oxygens (including phenoxy) is 1. The molecule has 0 saturated heterocycles. The van der Waals surface area contributed by atoms with Crippen LogP contribution < -0.4 is 20.1 Å². The lowest BCUT2D eigenvalue weighted by atomic mass is 10.0. The molecule has 3 aromatic rings. The van der Waals surface area contributed by atoms with Crippen LogP contribution in [0.3, 0.4) is 0 Å².